The molecule has 1 aromatic carbocycles. The molecule has 0 saturated heterocycles. The van der Waals surface area contributed by atoms with Crippen molar-refractivity contribution in [2.45, 2.75) is 0 Å². The van der Waals surface area contributed by atoms with Crippen LogP contribution in [0.4, 0.5) is 5.69 Å². The lowest BCUT2D eigenvalue weighted by molar-refractivity contribution is -0.385. The Kier molecular flexibility index (Phi) is 3.23. The predicted molar refractivity (Wildman–Crippen MR) is 54.0 cm³/mol. The summed E-state index contributed by atoms with van der Waals surface area (Å²) in [6, 6.07) is 3.53. The Hall–Kier alpha value is -1.96. The molecule has 0 heterocycles. The highest BCUT2D eigenvalue weighted by molar-refractivity contribution is 7.86. The van der Waals surface area contributed by atoms with Crippen molar-refractivity contribution in [3.05, 3.63) is 33.9 Å². The third-order valence-corrected chi connectivity index (χ3v) is 2.05. The second-order valence-electron chi connectivity index (χ2n) is 2.86. The molecular formula is C8H7NO6S. The molecule has 0 fully saturated rings. The zero-order valence-corrected chi connectivity index (χ0v) is 8.93. The molecule has 0 aromatic heterocycles. The van der Waals surface area contributed by atoms with Crippen LogP contribution < -0.4 is 4.18 Å². The van der Waals surface area contributed by atoms with Gasteiger partial charge in [-0.25, -0.2) is 0 Å². The van der Waals surface area contributed by atoms with Crippen molar-refractivity contribution in [2.75, 3.05) is 6.26 Å². The van der Waals surface area contributed by atoms with Gasteiger partial charge in [-0.2, -0.15) is 8.42 Å². The summed E-state index contributed by atoms with van der Waals surface area (Å²) in [5.74, 6) is -0.565. The van der Waals surface area contributed by atoms with E-state index in [1.54, 1.807) is 0 Å². The molecule has 0 radical (unpaired) electrons. The van der Waals surface area contributed by atoms with E-state index in [-0.39, 0.29) is 11.8 Å². The van der Waals surface area contributed by atoms with Gasteiger partial charge in [-0.3, -0.25) is 14.9 Å². The van der Waals surface area contributed by atoms with E-state index < -0.39 is 26.5 Å². The summed E-state index contributed by atoms with van der Waals surface area (Å²) < 4.78 is 26.2. The summed E-state index contributed by atoms with van der Waals surface area (Å²) in [7, 11) is -3.93. The number of aldehydes is 1. The van der Waals surface area contributed by atoms with E-state index in [1.165, 1.54) is 12.1 Å². The minimum Gasteiger partial charge on any atom is -0.374 e. The summed E-state index contributed by atoms with van der Waals surface area (Å²) >= 11 is 0. The lowest BCUT2D eigenvalue weighted by atomic mass is 10.2. The molecule has 0 spiro atoms. The molecular weight excluding hydrogens is 238 g/mol. The van der Waals surface area contributed by atoms with Crippen LogP contribution in [-0.4, -0.2) is 25.9 Å². The second-order valence-corrected chi connectivity index (χ2v) is 4.43. The van der Waals surface area contributed by atoms with Crippen molar-refractivity contribution in [2.24, 2.45) is 0 Å². The van der Waals surface area contributed by atoms with Gasteiger partial charge in [0.25, 0.3) is 0 Å². The van der Waals surface area contributed by atoms with Gasteiger partial charge in [0.05, 0.1) is 16.7 Å². The summed E-state index contributed by atoms with van der Waals surface area (Å²) in [5, 5.41) is 10.6. The van der Waals surface area contributed by atoms with Gasteiger partial charge < -0.3 is 4.18 Å². The van der Waals surface area contributed by atoms with Crippen LogP contribution in [0.2, 0.25) is 0 Å². The Morgan fingerprint density at radius 1 is 1.44 bits per heavy atom. The van der Waals surface area contributed by atoms with Crippen LogP contribution in [0.5, 0.6) is 5.75 Å². The zero-order chi connectivity index (χ0) is 12.3. The molecule has 7 nitrogen and oxygen atoms in total. The molecule has 1 rings (SSSR count). The number of benzene rings is 1. The van der Waals surface area contributed by atoms with Crippen molar-refractivity contribution in [3.8, 4) is 5.75 Å². The minimum atomic E-state index is -3.93. The summed E-state index contributed by atoms with van der Waals surface area (Å²) in [6.45, 7) is 0. The fourth-order valence-corrected chi connectivity index (χ4v) is 1.51. The minimum absolute atomic E-state index is 0.195. The Labute approximate surface area is 90.9 Å². The first-order valence-corrected chi connectivity index (χ1v) is 5.79. The number of nitro benzene ring substituents is 1. The maximum Gasteiger partial charge on any atom is 0.313 e. The van der Waals surface area contributed by atoms with Gasteiger partial charge in [0, 0.05) is 6.07 Å². The van der Waals surface area contributed by atoms with E-state index >= 15 is 0 Å². The maximum absolute atomic E-state index is 10.9. The van der Waals surface area contributed by atoms with E-state index in [0.717, 1.165) is 12.3 Å². The lowest BCUT2D eigenvalue weighted by Crippen LogP contribution is -2.09. The number of hydrogen-bond donors (Lipinski definition) is 0. The first-order valence-electron chi connectivity index (χ1n) is 3.97. The van der Waals surface area contributed by atoms with Gasteiger partial charge in [0.2, 0.25) is 5.75 Å². The van der Waals surface area contributed by atoms with E-state index in [9.17, 15) is 23.3 Å². The molecule has 0 atom stereocenters. The largest absolute Gasteiger partial charge is 0.374 e. The van der Waals surface area contributed by atoms with E-state index in [4.69, 9.17) is 0 Å². The summed E-state index contributed by atoms with van der Waals surface area (Å²) in [4.78, 5) is 20.4. The highest BCUT2D eigenvalue weighted by atomic mass is 32.2. The van der Waals surface area contributed by atoms with Crippen molar-refractivity contribution in [3.63, 3.8) is 0 Å². The Morgan fingerprint density at radius 3 is 2.50 bits per heavy atom. The number of rotatable bonds is 4. The molecule has 0 unspecified atom stereocenters. The number of hydrogen-bond acceptors (Lipinski definition) is 6. The fraction of sp³-hybridized carbons (Fsp3) is 0.125. The van der Waals surface area contributed by atoms with Crippen molar-refractivity contribution in [1.82, 2.24) is 0 Å². The molecule has 0 amide bonds. The smallest absolute Gasteiger partial charge is 0.313 e. The molecule has 86 valence electrons. The predicted octanol–water partition coefficient (Wildman–Crippen LogP) is 0.746. The highest BCUT2D eigenvalue weighted by Crippen LogP contribution is 2.30. The van der Waals surface area contributed by atoms with Gasteiger partial charge in [0.15, 0.2) is 6.29 Å². The number of carbonyl (C=O) groups excluding carboxylic acids is 1. The molecule has 0 aliphatic heterocycles. The van der Waals surface area contributed by atoms with Crippen LogP contribution in [-0.2, 0) is 10.1 Å². The second kappa shape index (κ2) is 4.27. The van der Waals surface area contributed by atoms with Crippen LogP contribution in [0.25, 0.3) is 0 Å². The number of nitrogens with zero attached hydrogens (tertiary/aromatic N) is 1. The van der Waals surface area contributed by atoms with E-state index in [1.807, 2.05) is 0 Å². The molecule has 0 aliphatic carbocycles. The van der Waals surface area contributed by atoms with Crippen LogP contribution >= 0.6 is 0 Å². The molecule has 1 aromatic rings. The Balaban J connectivity index is 3.42. The Bertz CT molecular complexity index is 535. The molecule has 0 aliphatic rings. The fourth-order valence-electron chi connectivity index (χ4n) is 1.02. The van der Waals surface area contributed by atoms with Crippen LogP contribution in [0.1, 0.15) is 10.4 Å². The first-order chi connectivity index (χ1) is 7.35. The van der Waals surface area contributed by atoms with Crippen LogP contribution in [0, 0.1) is 10.1 Å². The zero-order valence-electron chi connectivity index (χ0n) is 8.11. The first kappa shape index (κ1) is 12.1. The monoisotopic (exact) mass is 245 g/mol. The average Bonchev–Trinajstić information content (AvgIpc) is 2.15. The third kappa shape index (κ3) is 2.76. The number of carbonyl (C=O) groups is 1. The standard InChI is InChI=1S/C8H7NO6S/c1-16(13,14)15-8-6(5-10)3-2-4-7(8)9(11)12/h2-5H,1H3. The summed E-state index contributed by atoms with van der Waals surface area (Å²) in [5.41, 5.74) is -0.769. The normalized spacial score (nSPS) is 10.8. The van der Waals surface area contributed by atoms with Crippen molar-refractivity contribution in [1.29, 1.82) is 0 Å². The van der Waals surface area contributed by atoms with Crippen LogP contribution in [0.15, 0.2) is 18.2 Å². The maximum atomic E-state index is 10.9. The Morgan fingerprint density at radius 2 is 2.06 bits per heavy atom. The van der Waals surface area contributed by atoms with Crippen molar-refractivity contribution < 1.29 is 22.3 Å². The topological polar surface area (TPSA) is 104 Å². The third-order valence-electron chi connectivity index (χ3n) is 1.58. The van der Waals surface area contributed by atoms with Gasteiger partial charge in [-0.1, -0.05) is 6.07 Å². The molecule has 0 bridgehead atoms. The average molecular weight is 245 g/mol. The number of nitro groups is 1. The van der Waals surface area contributed by atoms with E-state index in [0.29, 0.717) is 0 Å². The summed E-state index contributed by atoms with van der Waals surface area (Å²) in [6.07, 6.45) is 1.02. The van der Waals surface area contributed by atoms with Crippen molar-refractivity contribution >= 4 is 22.1 Å². The quantitative estimate of drug-likeness (QED) is 0.335. The van der Waals surface area contributed by atoms with E-state index in [2.05, 4.69) is 4.18 Å². The lowest BCUT2D eigenvalue weighted by Gasteiger charge is -2.05. The molecule has 0 saturated carbocycles. The molecule has 16 heavy (non-hydrogen) atoms. The number of para-hydroxylation sites is 1. The highest BCUT2D eigenvalue weighted by Gasteiger charge is 2.22. The van der Waals surface area contributed by atoms with Crippen LogP contribution in [0.3, 0.4) is 0 Å². The molecule has 8 heteroatoms. The SMILES string of the molecule is CS(=O)(=O)Oc1c(C=O)cccc1[N+](=O)[O-]. The van der Waals surface area contributed by atoms with Gasteiger partial charge in [0.1, 0.15) is 0 Å². The van der Waals surface area contributed by atoms with Gasteiger partial charge >= 0.3 is 15.8 Å². The van der Waals surface area contributed by atoms with Gasteiger partial charge in [-0.15, -0.1) is 0 Å². The molecule has 0 N–H and O–H groups in total. The van der Waals surface area contributed by atoms with Gasteiger partial charge in [-0.05, 0) is 6.07 Å².